The third-order valence-electron chi connectivity index (χ3n) is 4.29. The monoisotopic (exact) mass is 370 g/mol. The molecule has 3 N–H and O–H groups in total. The largest absolute Gasteiger partial charge is 0.361 e. The van der Waals surface area contributed by atoms with Gasteiger partial charge in [0.1, 0.15) is 0 Å². The number of hydrogen-bond donors (Lipinski definition) is 3. The number of H-pyrrole nitrogens is 2. The zero-order valence-electron chi connectivity index (χ0n) is 14.9. The van der Waals surface area contributed by atoms with Gasteiger partial charge in [-0.25, -0.2) is 4.98 Å². The predicted molar refractivity (Wildman–Crippen MR) is 105 cm³/mol. The molecule has 0 spiro atoms. The molecule has 0 aliphatic heterocycles. The van der Waals surface area contributed by atoms with Crippen molar-refractivity contribution in [3.05, 3.63) is 57.6 Å². The first-order valence-electron chi connectivity index (χ1n) is 8.62. The van der Waals surface area contributed by atoms with Crippen LogP contribution in [0.15, 0.2) is 40.4 Å². The van der Waals surface area contributed by atoms with E-state index in [4.69, 9.17) is 0 Å². The Balaban J connectivity index is 1.50. The lowest BCUT2D eigenvalue weighted by Crippen LogP contribution is -2.27. The van der Waals surface area contributed by atoms with Gasteiger partial charge in [0.15, 0.2) is 5.16 Å². The molecule has 0 saturated heterocycles. The first-order chi connectivity index (χ1) is 12.6. The molecule has 26 heavy (non-hydrogen) atoms. The van der Waals surface area contributed by atoms with Crippen LogP contribution >= 0.6 is 11.8 Å². The van der Waals surface area contributed by atoms with Crippen molar-refractivity contribution in [3.8, 4) is 0 Å². The lowest BCUT2D eigenvalue weighted by Gasteiger charge is -2.06. The van der Waals surface area contributed by atoms with E-state index in [2.05, 4.69) is 26.3 Å². The molecule has 3 rings (SSSR count). The summed E-state index contributed by atoms with van der Waals surface area (Å²) in [4.78, 5) is 34.3. The van der Waals surface area contributed by atoms with Crippen LogP contribution < -0.4 is 10.9 Å². The number of thioether (sulfide) groups is 1. The van der Waals surface area contributed by atoms with E-state index in [1.54, 1.807) is 0 Å². The van der Waals surface area contributed by atoms with Crippen LogP contribution in [0.2, 0.25) is 0 Å². The molecule has 136 valence electrons. The molecule has 0 bridgehead atoms. The predicted octanol–water partition coefficient (Wildman–Crippen LogP) is 2.57. The summed E-state index contributed by atoms with van der Waals surface area (Å²) < 4.78 is 0. The second-order valence-corrected chi connectivity index (χ2v) is 7.00. The number of nitrogens with zero attached hydrogens (tertiary/aromatic N) is 1. The van der Waals surface area contributed by atoms with Crippen molar-refractivity contribution in [2.75, 3.05) is 12.3 Å². The van der Waals surface area contributed by atoms with E-state index in [-0.39, 0.29) is 17.2 Å². The summed E-state index contributed by atoms with van der Waals surface area (Å²) in [6, 6.07) is 8.11. The fourth-order valence-corrected chi connectivity index (χ4v) is 3.67. The number of hydrogen-bond acceptors (Lipinski definition) is 4. The molecular formula is C19H22N4O2S. The van der Waals surface area contributed by atoms with E-state index in [0.717, 1.165) is 17.6 Å². The molecule has 7 heteroatoms. The summed E-state index contributed by atoms with van der Waals surface area (Å²) in [6.45, 7) is 4.31. The molecule has 0 radical (unpaired) electrons. The summed E-state index contributed by atoms with van der Waals surface area (Å²) in [6.07, 6.45) is 3.39. The van der Waals surface area contributed by atoms with Gasteiger partial charge in [0.2, 0.25) is 5.91 Å². The Morgan fingerprint density at radius 2 is 2.12 bits per heavy atom. The average molecular weight is 370 g/mol. The molecule has 0 aliphatic rings. The Hall–Kier alpha value is -2.54. The molecule has 6 nitrogen and oxygen atoms in total. The smallest absolute Gasteiger partial charge is 0.254 e. The van der Waals surface area contributed by atoms with Crippen LogP contribution in [0.5, 0.6) is 0 Å². The van der Waals surface area contributed by atoms with E-state index in [9.17, 15) is 9.59 Å². The number of aromatic amines is 2. The minimum absolute atomic E-state index is 0.0743. The molecule has 0 saturated carbocycles. The van der Waals surface area contributed by atoms with Crippen molar-refractivity contribution < 1.29 is 4.79 Å². The molecular weight excluding hydrogens is 348 g/mol. The van der Waals surface area contributed by atoms with Gasteiger partial charge in [-0.2, -0.15) is 0 Å². The Kier molecular flexibility index (Phi) is 5.78. The van der Waals surface area contributed by atoms with Crippen molar-refractivity contribution in [1.29, 1.82) is 0 Å². The number of nitrogens with one attached hydrogen (secondary N) is 3. The third-order valence-corrected chi connectivity index (χ3v) is 5.16. The summed E-state index contributed by atoms with van der Waals surface area (Å²) >= 11 is 1.24. The quantitative estimate of drug-likeness (QED) is 0.440. The number of benzene rings is 1. The van der Waals surface area contributed by atoms with Crippen LogP contribution in [-0.2, 0) is 17.6 Å². The summed E-state index contributed by atoms with van der Waals surface area (Å²) in [5, 5.41) is 4.58. The molecule has 2 heterocycles. The highest BCUT2D eigenvalue weighted by Gasteiger charge is 2.09. The number of carbonyl (C=O) groups excluding carboxylic acids is 1. The zero-order chi connectivity index (χ0) is 18.5. The zero-order valence-corrected chi connectivity index (χ0v) is 15.7. The first-order valence-corrected chi connectivity index (χ1v) is 9.61. The van der Waals surface area contributed by atoms with E-state index in [0.29, 0.717) is 23.7 Å². The number of aromatic nitrogens is 3. The Morgan fingerprint density at radius 3 is 2.88 bits per heavy atom. The van der Waals surface area contributed by atoms with Crippen LogP contribution in [0.1, 0.15) is 23.7 Å². The van der Waals surface area contributed by atoms with Crippen molar-refractivity contribution in [3.63, 3.8) is 0 Å². The topological polar surface area (TPSA) is 90.6 Å². The van der Waals surface area contributed by atoms with Crippen molar-refractivity contribution in [2.45, 2.75) is 31.8 Å². The SMILES string of the molecule is CCc1c(C)nc(SCC(=O)NCCc2c[nH]c3ccccc23)[nH]c1=O. The Labute approximate surface area is 155 Å². The highest BCUT2D eigenvalue weighted by atomic mass is 32.2. The van der Waals surface area contributed by atoms with E-state index < -0.39 is 0 Å². The maximum Gasteiger partial charge on any atom is 0.254 e. The molecule has 2 aromatic heterocycles. The van der Waals surface area contributed by atoms with Crippen LogP contribution in [0, 0.1) is 6.92 Å². The Morgan fingerprint density at radius 1 is 1.31 bits per heavy atom. The standard InChI is InChI=1S/C19H22N4O2S/c1-3-14-12(2)22-19(23-18(14)25)26-11-17(24)20-9-8-13-10-21-16-7-5-4-6-15(13)16/h4-7,10,21H,3,8-9,11H2,1-2H3,(H,20,24)(H,22,23,25). The fourth-order valence-electron chi connectivity index (χ4n) is 2.93. The molecule has 0 fully saturated rings. The Bertz CT molecular complexity index is 977. The molecule has 1 amide bonds. The summed E-state index contributed by atoms with van der Waals surface area (Å²) in [5.41, 5.74) is 3.58. The highest BCUT2D eigenvalue weighted by Crippen LogP contribution is 2.17. The number of fused-ring (bicyclic) bond motifs is 1. The van der Waals surface area contributed by atoms with Crippen LogP contribution in [0.25, 0.3) is 10.9 Å². The van der Waals surface area contributed by atoms with Crippen molar-refractivity contribution >= 4 is 28.6 Å². The van der Waals surface area contributed by atoms with Crippen LogP contribution in [0.3, 0.4) is 0 Å². The maximum absolute atomic E-state index is 12.0. The van der Waals surface area contributed by atoms with Gasteiger partial charge in [0, 0.05) is 34.9 Å². The second kappa shape index (κ2) is 8.23. The highest BCUT2D eigenvalue weighted by molar-refractivity contribution is 7.99. The van der Waals surface area contributed by atoms with Gasteiger partial charge in [-0.1, -0.05) is 36.9 Å². The van der Waals surface area contributed by atoms with Crippen LogP contribution in [-0.4, -0.2) is 33.2 Å². The van der Waals surface area contributed by atoms with Gasteiger partial charge in [-0.3, -0.25) is 9.59 Å². The maximum atomic E-state index is 12.0. The second-order valence-electron chi connectivity index (χ2n) is 6.04. The number of amides is 1. The normalized spacial score (nSPS) is 11.0. The minimum Gasteiger partial charge on any atom is -0.361 e. The number of carbonyl (C=O) groups is 1. The van der Waals surface area contributed by atoms with Gasteiger partial charge in [-0.15, -0.1) is 0 Å². The van der Waals surface area contributed by atoms with Gasteiger partial charge in [0.05, 0.1) is 5.75 Å². The van der Waals surface area contributed by atoms with Crippen molar-refractivity contribution in [1.82, 2.24) is 20.3 Å². The van der Waals surface area contributed by atoms with Gasteiger partial charge < -0.3 is 15.3 Å². The molecule has 0 unspecified atom stereocenters. The van der Waals surface area contributed by atoms with Gasteiger partial charge >= 0.3 is 0 Å². The van der Waals surface area contributed by atoms with Crippen LogP contribution in [0.4, 0.5) is 0 Å². The van der Waals surface area contributed by atoms with E-state index in [1.807, 2.05) is 38.2 Å². The van der Waals surface area contributed by atoms with Gasteiger partial charge in [0.25, 0.3) is 5.56 Å². The average Bonchev–Trinajstić information content (AvgIpc) is 3.03. The summed E-state index contributed by atoms with van der Waals surface area (Å²) in [5.74, 6) is 0.150. The number of rotatable bonds is 7. The van der Waals surface area contributed by atoms with E-state index >= 15 is 0 Å². The molecule has 0 atom stereocenters. The fraction of sp³-hybridized carbons (Fsp3) is 0.316. The molecule has 3 aromatic rings. The van der Waals surface area contributed by atoms with Crippen molar-refractivity contribution in [2.24, 2.45) is 0 Å². The lowest BCUT2D eigenvalue weighted by atomic mass is 10.1. The molecule has 0 aliphatic carbocycles. The minimum atomic E-state index is -0.123. The van der Waals surface area contributed by atoms with Gasteiger partial charge in [-0.05, 0) is 31.4 Å². The number of aryl methyl sites for hydroxylation is 1. The molecule has 1 aromatic carbocycles. The van der Waals surface area contributed by atoms with E-state index in [1.165, 1.54) is 22.7 Å². The lowest BCUT2D eigenvalue weighted by molar-refractivity contribution is -0.118. The first kappa shape index (κ1) is 18.3. The number of para-hydroxylation sites is 1. The third kappa shape index (κ3) is 4.16. The summed E-state index contributed by atoms with van der Waals surface area (Å²) in [7, 11) is 0.